The van der Waals surface area contributed by atoms with Crippen LogP contribution in [0.4, 0.5) is 17.6 Å². The van der Waals surface area contributed by atoms with Gasteiger partial charge in [0.2, 0.25) is 11.8 Å². The van der Waals surface area contributed by atoms with E-state index < -0.39 is 66.6 Å². The number of rotatable bonds is 13. The van der Waals surface area contributed by atoms with Crippen LogP contribution in [0.15, 0.2) is 48.0 Å². The molecule has 14 heteroatoms. The molecule has 3 amide bonds. The highest BCUT2D eigenvalue weighted by Crippen LogP contribution is 2.18. The third-order valence-corrected chi connectivity index (χ3v) is 6.02. The van der Waals surface area contributed by atoms with Crippen LogP contribution in [0.1, 0.15) is 44.4 Å². The maximum atomic E-state index is 14.3. The summed E-state index contributed by atoms with van der Waals surface area (Å²) in [6.07, 6.45) is -4.91. The second kappa shape index (κ2) is 16.0. The molecule has 2 aromatic rings. The lowest BCUT2D eigenvalue weighted by Gasteiger charge is -2.25. The highest BCUT2D eigenvalue weighted by molar-refractivity contribution is 6.02. The van der Waals surface area contributed by atoms with Gasteiger partial charge in [-0.25, -0.2) is 4.39 Å². The lowest BCUT2D eigenvalue weighted by atomic mass is 10.1. The minimum absolute atomic E-state index is 0.150. The Hall–Kier alpha value is -4.48. The number of hydrogen-bond acceptors (Lipinski definition) is 7. The number of alkyl halides is 3. The van der Waals surface area contributed by atoms with E-state index in [9.17, 15) is 42.3 Å². The fourth-order valence-electron chi connectivity index (χ4n) is 3.85. The maximum absolute atomic E-state index is 14.3. The number of ether oxygens (including phenoxy) is 1. The average Bonchev–Trinajstić information content (AvgIpc) is 2.91. The quantitative estimate of drug-likeness (QED) is 0.129. The number of nitrogens with zero attached hydrogens (tertiary/aromatic N) is 1. The molecule has 0 bridgehead atoms. The zero-order chi connectivity index (χ0) is 33.9. The van der Waals surface area contributed by atoms with Gasteiger partial charge in [-0.3, -0.25) is 19.7 Å². The van der Waals surface area contributed by atoms with Crippen LogP contribution in [-0.4, -0.2) is 65.9 Å². The van der Waals surface area contributed by atoms with Crippen molar-refractivity contribution in [3.05, 3.63) is 70.5 Å². The van der Waals surface area contributed by atoms with Gasteiger partial charge < -0.3 is 25.8 Å². The van der Waals surface area contributed by atoms with Gasteiger partial charge in [0.15, 0.2) is 0 Å². The number of halogens is 4. The van der Waals surface area contributed by atoms with Crippen molar-refractivity contribution >= 4 is 23.8 Å². The molecule has 45 heavy (non-hydrogen) atoms. The van der Waals surface area contributed by atoms with Crippen LogP contribution in [0.2, 0.25) is 0 Å². The summed E-state index contributed by atoms with van der Waals surface area (Å²) in [5.41, 5.74) is 0.449. The molecule has 5 N–H and O–H groups in total. The zero-order valence-electron chi connectivity index (χ0n) is 25.5. The number of nitrogens with one attached hydrogen (secondary N) is 4. The second-order valence-corrected chi connectivity index (χ2v) is 11.3. The monoisotopic (exact) mass is 635 g/mol. The summed E-state index contributed by atoms with van der Waals surface area (Å²) in [7, 11) is 0. The minimum atomic E-state index is -4.68. The second-order valence-electron chi connectivity index (χ2n) is 11.3. The first-order valence-electron chi connectivity index (χ1n) is 13.9. The van der Waals surface area contributed by atoms with E-state index in [-0.39, 0.29) is 23.4 Å². The highest BCUT2D eigenvalue weighted by atomic mass is 19.4. The lowest BCUT2D eigenvalue weighted by molar-refractivity contribution is -0.138. The first kappa shape index (κ1) is 36.7. The standard InChI is InChI=1S/C31H37F4N5O5/c1-18-9-10-21(24(32)11-18)15-37-28(43)25(39-29(44)26(19(2)41)38-17-31(33,34)35)16-45-23-8-6-7-20(13-23)12-22(14-36)27(42)40-30(3,4)5/h6-13,19,25-26,38,41H,15-17H2,1-5H3,(H,37,43)(H,39,44)(H,40,42)/b22-12+/t19-,25+,26+/m1/s1. The molecular formula is C31H37F4N5O5. The fourth-order valence-corrected chi connectivity index (χ4v) is 3.85. The van der Waals surface area contributed by atoms with Gasteiger partial charge in [0.1, 0.15) is 41.9 Å². The molecule has 2 rings (SSSR count). The Morgan fingerprint density at radius 2 is 1.78 bits per heavy atom. The van der Waals surface area contributed by atoms with Crippen molar-refractivity contribution in [2.75, 3.05) is 13.2 Å². The zero-order valence-corrected chi connectivity index (χ0v) is 25.5. The summed E-state index contributed by atoms with van der Waals surface area (Å²) in [6, 6.07) is 9.10. The molecule has 0 fully saturated rings. The molecule has 2 aromatic carbocycles. The van der Waals surface area contributed by atoms with E-state index in [1.807, 2.05) is 11.4 Å². The van der Waals surface area contributed by atoms with Gasteiger partial charge >= 0.3 is 6.18 Å². The van der Waals surface area contributed by atoms with Gasteiger partial charge in [-0.1, -0.05) is 24.3 Å². The fraction of sp³-hybridized carbons (Fsp3) is 0.419. The molecule has 0 aliphatic rings. The van der Waals surface area contributed by atoms with Crippen molar-refractivity contribution < 1.29 is 41.8 Å². The van der Waals surface area contributed by atoms with Crippen molar-refractivity contribution in [3.8, 4) is 11.8 Å². The van der Waals surface area contributed by atoms with E-state index in [0.717, 1.165) is 6.92 Å². The van der Waals surface area contributed by atoms with Gasteiger partial charge in [0.25, 0.3) is 5.91 Å². The van der Waals surface area contributed by atoms with E-state index in [1.165, 1.54) is 30.3 Å². The Balaban J connectivity index is 2.27. The van der Waals surface area contributed by atoms with Crippen molar-refractivity contribution in [2.24, 2.45) is 0 Å². The number of hydrogen-bond donors (Lipinski definition) is 5. The number of benzene rings is 2. The lowest BCUT2D eigenvalue weighted by Crippen LogP contribution is -2.58. The average molecular weight is 636 g/mol. The molecule has 3 atom stereocenters. The SMILES string of the molecule is Cc1ccc(CNC(=O)[C@H](COc2cccc(/C=C(\C#N)C(=O)NC(C)(C)C)c2)NC(=O)[C@@H](NCC(F)(F)F)[C@@H](C)O)c(F)c1. The number of nitriles is 1. The Kier molecular flexibility index (Phi) is 13.1. The maximum Gasteiger partial charge on any atom is 0.401 e. The number of carbonyl (C=O) groups is 3. The number of carbonyl (C=O) groups excluding carboxylic acids is 3. The van der Waals surface area contributed by atoms with Crippen LogP contribution in [0, 0.1) is 24.1 Å². The van der Waals surface area contributed by atoms with Gasteiger partial charge in [0, 0.05) is 17.6 Å². The predicted molar refractivity (Wildman–Crippen MR) is 158 cm³/mol. The van der Waals surface area contributed by atoms with Crippen molar-refractivity contribution in [1.29, 1.82) is 5.26 Å². The van der Waals surface area contributed by atoms with Crippen LogP contribution in [0.5, 0.6) is 5.75 Å². The third-order valence-electron chi connectivity index (χ3n) is 6.02. The van der Waals surface area contributed by atoms with Crippen LogP contribution >= 0.6 is 0 Å². The van der Waals surface area contributed by atoms with Gasteiger partial charge in [-0.05, 0) is 70.0 Å². The molecule has 0 saturated heterocycles. The molecule has 0 aromatic heterocycles. The Morgan fingerprint density at radius 1 is 1.09 bits per heavy atom. The smallest absolute Gasteiger partial charge is 0.401 e. The topological polar surface area (TPSA) is 153 Å². The summed E-state index contributed by atoms with van der Waals surface area (Å²) in [5, 5.41) is 28.8. The molecular weight excluding hydrogens is 598 g/mol. The summed E-state index contributed by atoms with van der Waals surface area (Å²) < 4.78 is 58.4. The van der Waals surface area contributed by atoms with E-state index >= 15 is 0 Å². The van der Waals surface area contributed by atoms with Crippen LogP contribution in [0.25, 0.3) is 6.08 Å². The Morgan fingerprint density at radius 3 is 2.36 bits per heavy atom. The van der Waals surface area contributed by atoms with Crippen LogP contribution < -0.4 is 26.0 Å². The molecule has 0 spiro atoms. The summed E-state index contributed by atoms with van der Waals surface area (Å²) >= 11 is 0. The van der Waals surface area contributed by atoms with Crippen LogP contribution in [-0.2, 0) is 20.9 Å². The molecule has 0 aliphatic carbocycles. The largest absolute Gasteiger partial charge is 0.491 e. The predicted octanol–water partition coefficient (Wildman–Crippen LogP) is 3.04. The molecule has 0 unspecified atom stereocenters. The van der Waals surface area contributed by atoms with E-state index in [0.29, 0.717) is 11.1 Å². The number of aliphatic hydroxyl groups excluding tert-OH is 1. The number of aliphatic hydroxyl groups is 1. The number of aryl methyl sites for hydroxylation is 1. The van der Waals surface area contributed by atoms with E-state index in [1.54, 1.807) is 45.9 Å². The van der Waals surface area contributed by atoms with Crippen molar-refractivity contribution in [2.45, 2.75) is 71.1 Å². The van der Waals surface area contributed by atoms with E-state index in [4.69, 9.17) is 4.74 Å². The molecule has 10 nitrogen and oxygen atoms in total. The first-order valence-corrected chi connectivity index (χ1v) is 13.9. The molecule has 244 valence electrons. The highest BCUT2D eigenvalue weighted by Gasteiger charge is 2.34. The van der Waals surface area contributed by atoms with Gasteiger partial charge in [0.05, 0.1) is 12.6 Å². The molecule has 0 radical (unpaired) electrons. The van der Waals surface area contributed by atoms with Crippen LogP contribution in [0.3, 0.4) is 0 Å². The first-order chi connectivity index (χ1) is 20.9. The molecule has 0 aliphatic heterocycles. The number of amides is 3. The van der Waals surface area contributed by atoms with Gasteiger partial charge in [-0.15, -0.1) is 0 Å². The summed E-state index contributed by atoms with van der Waals surface area (Å²) in [4.78, 5) is 38.5. The minimum Gasteiger partial charge on any atom is -0.491 e. The molecule has 0 saturated carbocycles. The van der Waals surface area contributed by atoms with E-state index in [2.05, 4.69) is 16.0 Å². The molecule has 0 heterocycles. The summed E-state index contributed by atoms with van der Waals surface area (Å²) in [5.74, 6) is -2.95. The van der Waals surface area contributed by atoms with Crippen molar-refractivity contribution in [3.63, 3.8) is 0 Å². The Bertz CT molecular complexity index is 1430. The third kappa shape index (κ3) is 13.0. The van der Waals surface area contributed by atoms with Gasteiger partial charge in [-0.2, -0.15) is 18.4 Å². The summed E-state index contributed by atoms with van der Waals surface area (Å²) in [6.45, 7) is 5.70. The Labute approximate surface area is 258 Å². The normalized spacial score (nSPS) is 14.0. The van der Waals surface area contributed by atoms with Crippen molar-refractivity contribution in [1.82, 2.24) is 21.3 Å².